The topological polar surface area (TPSA) is 78.9 Å². The fourth-order valence-corrected chi connectivity index (χ4v) is 3.17. The third kappa shape index (κ3) is 3.68. The molecule has 0 aliphatic carbocycles. The predicted molar refractivity (Wildman–Crippen MR) is 86.2 cm³/mol. The van der Waals surface area contributed by atoms with Crippen molar-refractivity contribution in [3.63, 3.8) is 0 Å². The van der Waals surface area contributed by atoms with Gasteiger partial charge >= 0.3 is 0 Å². The Hall–Kier alpha value is -1.70. The lowest BCUT2D eigenvalue weighted by Gasteiger charge is -2.27. The molecule has 2 saturated heterocycles. The van der Waals surface area contributed by atoms with Crippen molar-refractivity contribution in [3.8, 4) is 5.88 Å². The molecular formula is C17H24N2O5. The van der Waals surface area contributed by atoms with E-state index in [0.29, 0.717) is 31.3 Å². The highest BCUT2D eigenvalue weighted by Crippen LogP contribution is 2.28. The van der Waals surface area contributed by atoms with Gasteiger partial charge in [0, 0.05) is 31.4 Å². The molecule has 132 valence electrons. The van der Waals surface area contributed by atoms with E-state index in [1.807, 2.05) is 13.8 Å². The van der Waals surface area contributed by atoms with Crippen molar-refractivity contribution < 1.29 is 23.7 Å². The summed E-state index contributed by atoms with van der Waals surface area (Å²) in [6.45, 7) is 5.58. The summed E-state index contributed by atoms with van der Waals surface area (Å²) in [4.78, 5) is 16.7. The second kappa shape index (κ2) is 7.04. The largest absolute Gasteiger partial charge is 0.472 e. The Bertz CT molecular complexity index is 586. The highest BCUT2D eigenvalue weighted by Gasteiger charge is 2.44. The van der Waals surface area contributed by atoms with Gasteiger partial charge in [-0.05, 0) is 19.9 Å². The number of hydrogen-bond donors (Lipinski definition) is 1. The average molecular weight is 336 g/mol. The number of carbonyl (C=O) groups is 1. The number of nitrogens with one attached hydrogen (secondary N) is 1. The molecule has 1 aromatic rings. The predicted octanol–water partition coefficient (Wildman–Crippen LogP) is 1.17. The summed E-state index contributed by atoms with van der Waals surface area (Å²) in [6, 6.07) is 3.12. The van der Waals surface area contributed by atoms with Gasteiger partial charge in [-0.15, -0.1) is 0 Å². The van der Waals surface area contributed by atoms with Crippen LogP contribution in [0.25, 0.3) is 0 Å². The average Bonchev–Trinajstić information content (AvgIpc) is 3.15. The molecule has 2 aliphatic heterocycles. The Labute approximate surface area is 141 Å². The Morgan fingerprint density at radius 1 is 1.42 bits per heavy atom. The molecule has 2 aliphatic rings. The summed E-state index contributed by atoms with van der Waals surface area (Å²) < 4.78 is 22.2. The van der Waals surface area contributed by atoms with Crippen molar-refractivity contribution in [1.29, 1.82) is 0 Å². The van der Waals surface area contributed by atoms with Gasteiger partial charge in [-0.1, -0.05) is 0 Å². The number of nitrogens with zero attached hydrogens (tertiary/aromatic N) is 1. The van der Waals surface area contributed by atoms with Crippen LogP contribution in [0, 0.1) is 0 Å². The van der Waals surface area contributed by atoms with E-state index in [-0.39, 0.29) is 24.2 Å². The van der Waals surface area contributed by atoms with Gasteiger partial charge in [0.05, 0.1) is 31.5 Å². The maximum Gasteiger partial charge on any atom is 0.251 e. The van der Waals surface area contributed by atoms with Crippen molar-refractivity contribution in [1.82, 2.24) is 10.3 Å². The molecule has 1 aromatic heterocycles. The van der Waals surface area contributed by atoms with Crippen LogP contribution in [0.2, 0.25) is 0 Å². The quantitative estimate of drug-likeness (QED) is 0.870. The SMILES string of the molecule is CO[C@@H]1[C@@H](NC(=O)c2ccnc(OC3CCOC3)c2)COC1(C)C. The van der Waals surface area contributed by atoms with Gasteiger partial charge in [0.2, 0.25) is 5.88 Å². The first-order valence-corrected chi connectivity index (χ1v) is 8.17. The molecule has 3 atom stereocenters. The van der Waals surface area contributed by atoms with Crippen molar-refractivity contribution in [2.75, 3.05) is 26.9 Å². The summed E-state index contributed by atoms with van der Waals surface area (Å²) >= 11 is 0. The first-order chi connectivity index (χ1) is 11.5. The van der Waals surface area contributed by atoms with Gasteiger partial charge in [-0.25, -0.2) is 4.98 Å². The maximum atomic E-state index is 12.5. The second-order valence-electron chi connectivity index (χ2n) is 6.64. The number of hydrogen-bond acceptors (Lipinski definition) is 6. The lowest BCUT2D eigenvalue weighted by Crippen LogP contribution is -2.48. The highest BCUT2D eigenvalue weighted by molar-refractivity contribution is 5.94. The minimum absolute atomic E-state index is 0.00212. The summed E-state index contributed by atoms with van der Waals surface area (Å²) in [5.74, 6) is 0.239. The van der Waals surface area contributed by atoms with Gasteiger partial charge in [-0.2, -0.15) is 0 Å². The molecule has 7 heteroatoms. The molecule has 0 bridgehead atoms. The van der Waals surface area contributed by atoms with E-state index in [4.69, 9.17) is 18.9 Å². The molecule has 0 spiro atoms. The van der Waals surface area contributed by atoms with Gasteiger partial charge in [0.15, 0.2) is 0 Å². The lowest BCUT2D eigenvalue weighted by molar-refractivity contribution is -0.0484. The maximum absolute atomic E-state index is 12.5. The summed E-state index contributed by atoms with van der Waals surface area (Å²) in [7, 11) is 1.63. The molecule has 0 saturated carbocycles. The number of ether oxygens (including phenoxy) is 4. The summed E-state index contributed by atoms with van der Waals surface area (Å²) in [6.07, 6.45) is 2.21. The van der Waals surface area contributed by atoms with Crippen LogP contribution in [0.5, 0.6) is 5.88 Å². The standard InChI is InChI=1S/C17H24N2O5/c1-17(2)15(21-3)13(10-23-17)19-16(20)11-4-6-18-14(8-11)24-12-5-7-22-9-12/h4,6,8,12-13,15H,5,7,9-10H2,1-3H3,(H,19,20)/t12?,13-,15+/m0/s1. The number of pyridine rings is 1. The molecule has 7 nitrogen and oxygen atoms in total. The molecule has 0 radical (unpaired) electrons. The fraction of sp³-hybridized carbons (Fsp3) is 0.647. The van der Waals surface area contributed by atoms with E-state index >= 15 is 0 Å². The van der Waals surface area contributed by atoms with Crippen molar-refractivity contribution in [2.45, 2.75) is 44.1 Å². The molecule has 3 heterocycles. The van der Waals surface area contributed by atoms with E-state index in [1.54, 1.807) is 25.4 Å². The van der Waals surface area contributed by atoms with Crippen LogP contribution >= 0.6 is 0 Å². The van der Waals surface area contributed by atoms with Crippen LogP contribution in [0.15, 0.2) is 18.3 Å². The van der Waals surface area contributed by atoms with Gasteiger partial charge in [-0.3, -0.25) is 4.79 Å². The number of rotatable bonds is 5. The molecule has 1 N–H and O–H groups in total. The number of carbonyl (C=O) groups excluding carboxylic acids is 1. The number of amides is 1. The van der Waals surface area contributed by atoms with Crippen LogP contribution in [0.3, 0.4) is 0 Å². The van der Waals surface area contributed by atoms with Crippen molar-refractivity contribution in [3.05, 3.63) is 23.9 Å². The van der Waals surface area contributed by atoms with E-state index in [1.165, 1.54) is 0 Å². The minimum Gasteiger partial charge on any atom is -0.472 e. The van der Waals surface area contributed by atoms with E-state index in [9.17, 15) is 4.79 Å². The fourth-order valence-electron chi connectivity index (χ4n) is 3.17. The molecule has 3 rings (SSSR count). The van der Waals surface area contributed by atoms with E-state index in [0.717, 1.165) is 6.42 Å². The van der Waals surface area contributed by atoms with Crippen LogP contribution in [-0.2, 0) is 14.2 Å². The summed E-state index contributed by atoms with van der Waals surface area (Å²) in [5.41, 5.74) is 0.0697. The third-order valence-electron chi connectivity index (χ3n) is 4.43. The smallest absolute Gasteiger partial charge is 0.251 e. The Kier molecular flexibility index (Phi) is 5.03. The van der Waals surface area contributed by atoms with E-state index < -0.39 is 5.60 Å². The Balaban J connectivity index is 1.64. The summed E-state index contributed by atoms with van der Waals surface area (Å²) in [5, 5.41) is 2.98. The monoisotopic (exact) mass is 336 g/mol. The second-order valence-corrected chi connectivity index (χ2v) is 6.64. The van der Waals surface area contributed by atoms with Crippen LogP contribution in [0.1, 0.15) is 30.6 Å². The Morgan fingerprint density at radius 3 is 2.96 bits per heavy atom. The van der Waals surface area contributed by atoms with Crippen molar-refractivity contribution >= 4 is 5.91 Å². The first kappa shape index (κ1) is 17.1. The third-order valence-corrected chi connectivity index (χ3v) is 4.43. The molecule has 1 amide bonds. The number of methoxy groups -OCH3 is 1. The zero-order valence-electron chi connectivity index (χ0n) is 14.3. The van der Waals surface area contributed by atoms with Gasteiger partial charge < -0.3 is 24.3 Å². The zero-order chi connectivity index (χ0) is 17.2. The molecule has 2 fully saturated rings. The molecule has 0 aromatic carbocycles. The molecular weight excluding hydrogens is 312 g/mol. The zero-order valence-corrected chi connectivity index (χ0v) is 14.3. The van der Waals surface area contributed by atoms with Gasteiger partial charge in [0.25, 0.3) is 5.91 Å². The highest BCUT2D eigenvalue weighted by atomic mass is 16.6. The first-order valence-electron chi connectivity index (χ1n) is 8.17. The normalized spacial score (nSPS) is 28.7. The van der Waals surface area contributed by atoms with Crippen molar-refractivity contribution in [2.24, 2.45) is 0 Å². The lowest BCUT2D eigenvalue weighted by atomic mass is 9.98. The van der Waals surface area contributed by atoms with E-state index in [2.05, 4.69) is 10.3 Å². The molecule has 1 unspecified atom stereocenters. The van der Waals surface area contributed by atoms with Gasteiger partial charge in [0.1, 0.15) is 12.2 Å². The van der Waals surface area contributed by atoms with Crippen LogP contribution in [0.4, 0.5) is 0 Å². The van der Waals surface area contributed by atoms with Crippen LogP contribution in [-0.4, -0.2) is 61.7 Å². The Morgan fingerprint density at radius 2 is 2.25 bits per heavy atom. The minimum atomic E-state index is -0.429. The number of aromatic nitrogens is 1. The van der Waals surface area contributed by atoms with Crippen LogP contribution < -0.4 is 10.1 Å². The molecule has 24 heavy (non-hydrogen) atoms.